The van der Waals surface area contributed by atoms with Crippen molar-refractivity contribution < 1.29 is 4.92 Å². The predicted molar refractivity (Wildman–Crippen MR) is 81.0 cm³/mol. The summed E-state index contributed by atoms with van der Waals surface area (Å²) in [6, 6.07) is 7.01. The summed E-state index contributed by atoms with van der Waals surface area (Å²) >= 11 is 1.63. The molecule has 0 radical (unpaired) electrons. The molecule has 0 amide bonds. The Hall–Kier alpha value is -1.95. The minimum Gasteiger partial charge on any atom is -0.356 e. The van der Waals surface area contributed by atoms with Gasteiger partial charge >= 0.3 is 5.69 Å². The van der Waals surface area contributed by atoms with Gasteiger partial charge in [-0.15, -0.1) is 11.3 Å². The lowest BCUT2D eigenvalue weighted by molar-refractivity contribution is -0.384. The van der Waals surface area contributed by atoms with Gasteiger partial charge in [0.05, 0.1) is 11.0 Å². The van der Waals surface area contributed by atoms with Crippen molar-refractivity contribution in [2.24, 2.45) is 5.41 Å². The molecule has 0 aliphatic rings. The van der Waals surface area contributed by atoms with Crippen LogP contribution in [0.2, 0.25) is 0 Å². The Balaban J connectivity index is 2.37. The van der Waals surface area contributed by atoms with Crippen LogP contribution in [0, 0.1) is 15.5 Å². The van der Waals surface area contributed by atoms with Crippen LogP contribution in [0.1, 0.15) is 31.7 Å². The first-order valence-corrected chi connectivity index (χ1v) is 7.17. The minimum atomic E-state index is -0.413. The van der Waals surface area contributed by atoms with Crippen molar-refractivity contribution in [3.8, 4) is 0 Å². The van der Waals surface area contributed by atoms with E-state index in [2.05, 4.69) is 31.1 Å². The average Bonchev–Trinajstić information content (AvgIpc) is 2.88. The van der Waals surface area contributed by atoms with Crippen molar-refractivity contribution in [1.82, 2.24) is 4.98 Å². The molecule has 1 atom stereocenters. The highest BCUT2D eigenvalue weighted by atomic mass is 32.1. The molecule has 20 heavy (non-hydrogen) atoms. The fourth-order valence-corrected chi connectivity index (χ4v) is 2.98. The smallest absolute Gasteiger partial charge is 0.311 e. The van der Waals surface area contributed by atoms with Gasteiger partial charge in [-0.3, -0.25) is 10.1 Å². The quantitative estimate of drug-likeness (QED) is 0.675. The monoisotopic (exact) mass is 291 g/mol. The Labute approximate surface area is 121 Å². The Bertz CT molecular complexity index is 591. The molecule has 2 heterocycles. The number of hydrogen-bond acceptors (Lipinski definition) is 5. The van der Waals surface area contributed by atoms with Crippen LogP contribution < -0.4 is 5.32 Å². The molecule has 2 aromatic heterocycles. The van der Waals surface area contributed by atoms with Crippen LogP contribution in [0.4, 0.5) is 11.5 Å². The van der Waals surface area contributed by atoms with Crippen LogP contribution in [-0.2, 0) is 0 Å². The van der Waals surface area contributed by atoms with Crippen LogP contribution in [-0.4, -0.2) is 9.91 Å². The third kappa shape index (κ3) is 3.14. The van der Waals surface area contributed by atoms with Crippen LogP contribution in [0.15, 0.2) is 35.8 Å². The Morgan fingerprint density at radius 3 is 2.65 bits per heavy atom. The summed E-state index contributed by atoms with van der Waals surface area (Å²) in [4.78, 5) is 15.9. The van der Waals surface area contributed by atoms with Crippen LogP contribution >= 0.6 is 11.3 Å². The second kappa shape index (κ2) is 5.58. The molecule has 1 N–H and O–H groups in total. The number of hydrogen-bond donors (Lipinski definition) is 1. The first-order chi connectivity index (χ1) is 9.39. The lowest BCUT2D eigenvalue weighted by Gasteiger charge is -2.31. The first kappa shape index (κ1) is 14.5. The normalized spacial score (nSPS) is 12.9. The standard InChI is InChI=1S/C14H17N3O2S/c1-14(2,3)12(11-7-5-9-20-11)16-13-10(17(18)19)6-4-8-15-13/h4-9,12H,1-3H3,(H,15,16). The van der Waals surface area contributed by atoms with Gasteiger partial charge in [-0.1, -0.05) is 26.8 Å². The van der Waals surface area contributed by atoms with Gasteiger partial charge in [-0.05, 0) is 22.9 Å². The van der Waals surface area contributed by atoms with E-state index in [1.807, 2.05) is 17.5 Å². The van der Waals surface area contributed by atoms with Gasteiger partial charge in [0.1, 0.15) is 0 Å². The molecule has 5 nitrogen and oxygen atoms in total. The molecule has 2 rings (SSSR count). The van der Waals surface area contributed by atoms with Crippen LogP contribution in [0.5, 0.6) is 0 Å². The Morgan fingerprint density at radius 1 is 1.35 bits per heavy atom. The number of nitrogens with zero attached hydrogens (tertiary/aromatic N) is 2. The Morgan fingerprint density at radius 2 is 2.10 bits per heavy atom. The summed E-state index contributed by atoms with van der Waals surface area (Å²) in [7, 11) is 0. The van der Waals surface area contributed by atoms with Gasteiger partial charge in [0.15, 0.2) is 0 Å². The largest absolute Gasteiger partial charge is 0.356 e. The molecule has 106 valence electrons. The highest BCUT2D eigenvalue weighted by Crippen LogP contribution is 2.39. The number of anilines is 1. The van der Waals surface area contributed by atoms with Crippen molar-refractivity contribution in [1.29, 1.82) is 0 Å². The number of thiophene rings is 1. The molecule has 0 aromatic carbocycles. The second-order valence-corrected chi connectivity index (χ2v) is 6.57. The van der Waals surface area contributed by atoms with E-state index in [0.717, 1.165) is 4.88 Å². The molecule has 0 spiro atoms. The molecule has 2 aromatic rings. The molecule has 0 aliphatic carbocycles. The van der Waals surface area contributed by atoms with Gasteiger partial charge in [0.25, 0.3) is 0 Å². The predicted octanol–water partition coefficient (Wildman–Crippen LogP) is 4.25. The zero-order chi connectivity index (χ0) is 14.8. The number of aromatic nitrogens is 1. The molecule has 0 bridgehead atoms. The van der Waals surface area contributed by atoms with Crippen molar-refractivity contribution in [2.45, 2.75) is 26.8 Å². The third-order valence-electron chi connectivity index (χ3n) is 2.96. The maximum absolute atomic E-state index is 11.1. The Kier molecular flexibility index (Phi) is 4.04. The van der Waals surface area contributed by atoms with E-state index in [-0.39, 0.29) is 17.1 Å². The molecule has 0 saturated heterocycles. The lowest BCUT2D eigenvalue weighted by Crippen LogP contribution is -2.25. The van der Waals surface area contributed by atoms with E-state index in [9.17, 15) is 10.1 Å². The van der Waals surface area contributed by atoms with E-state index < -0.39 is 4.92 Å². The molecular weight excluding hydrogens is 274 g/mol. The summed E-state index contributed by atoms with van der Waals surface area (Å²) in [6.45, 7) is 6.29. The van der Waals surface area contributed by atoms with Gasteiger partial charge in [-0.25, -0.2) is 4.98 Å². The number of nitro groups is 1. The third-order valence-corrected chi connectivity index (χ3v) is 3.90. The summed E-state index contributed by atoms with van der Waals surface area (Å²) in [5, 5.41) is 16.3. The summed E-state index contributed by atoms with van der Waals surface area (Å²) < 4.78 is 0. The van der Waals surface area contributed by atoms with Crippen molar-refractivity contribution >= 4 is 22.8 Å². The second-order valence-electron chi connectivity index (χ2n) is 5.59. The number of pyridine rings is 1. The minimum absolute atomic E-state index is 0.00157. The first-order valence-electron chi connectivity index (χ1n) is 6.29. The van der Waals surface area contributed by atoms with E-state index in [1.165, 1.54) is 6.07 Å². The zero-order valence-electron chi connectivity index (χ0n) is 11.7. The molecule has 6 heteroatoms. The van der Waals surface area contributed by atoms with Gasteiger partial charge in [0.2, 0.25) is 5.82 Å². The van der Waals surface area contributed by atoms with Crippen molar-refractivity contribution in [3.63, 3.8) is 0 Å². The highest BCUT2D eigenvalue weighted by Gasteiger charge is 2.29. The summed E-state index contributed by atoms with van der Waals surface area (Å²) in [5.74, 6) is 0.311. The van der Waals surface area contributed by atoms with E-state index in [0.29, 0.717) is 5.82 Å². The SMILES string of the molecule is CC(C)(C)C(Nc1ncccc1[N+](=O)[O-])c1cccs1. The molecule has 0 fully saturated rings. The summed E-state index contributed by atoms with van der Waals surface area (Å²) in [6.07, 6.45) is 1.56. The van der Waals surface area contributed by atoms with Crippen LogP contribution in [0.3, 0.4) is 0 Å². The number of nitrogens with one attached hydrogen (secondary N) is 1. The van der Waals surface area contributed by atoms with E-state index >= 15 is 0 Å². The van der Waals surface area contributed by atoms with Crippen molar-refractivity contribution in [3.05, 3.63) is 50.8 Å². The molecule has 0 aliphatic heterocycles. The van der Waals surface area contributed by atoms with E-state index in [1.54, 1.807) is 23.6 Å². The highest BCUT2D eigenvalue weighted by molar-refractivity contribution is 7.10. The number of rotatable bonds is 4. The van der Waals surface area contributed by atoms with Gasteiger partial charge < -0.3 is 5.32 Å². The molecule has 1 unspecified atom stereocenters. The maximum atomic E-state index is 11.1. The van der Waals surface area contributed by atoms with Gasteiger partial charge in [0, 0.05) is 17.1 Å². The van der Waals surface area contributed by atoms with Gasteiger partial charge in [-0.2, -0.15) is 0 Å². The van der Waals surface area contributed by atoms with Crippen molar-refractivity contribution in [2.75, 3.05) is 5.32 Å². The fraction of sp³-hybridized carbons (Fsp3) is 0.357. The summed E-state index contributed by atoms with van der Waals surface area (Å²) in [5.41, 5.74) is -0.0886. The van der Waals surface area contributed by atoms with E-state index in [4.69, 9.17) is 0 Å². The average molecular weight is 291 g/mol. The van der Waals surface area contributed by atoms with Crippen LogP contribution in [0.25, 0.3) is 0 Å². The lowest BCUT2D eigenvalue weighted by atomic mass is 9.85. The molecular formula is C14H17N3O2S. The fourth-order valence-electron chi connectivity index (χ4n) is 1.96. The topological polar surface area (TPSA) is 68.1 Å². The zero-order valence-corrected chi connectivity index (χ0v) is 12.5. The molecule has 0 saturated carbocycles. The maximum Gasteiger partial charge on any atom is 0.311 e.